The first kappa shape index (κ1) is 14.7. The summed E-state index contributed by atoms with van der Waals surface area (Å²) < 4.78 is 13.5. The smallest absolute Gasteiger partial charge is 0.253 e. The highest BCUT2D eigenvalue weighted by molar-refractivity contribution is 9.10. The summed E-state index contributed by atoms with van der Waals surface area (Å²) in [5, 5.41) is 0. The molecule has 2 nitrogen and oxygen atoms in total. The van der Waals surface area contributed by atoms with Gasteiger partial charge in [0.05, 0.1) is 4.47 Å². The third-order valence-corrected chi connectivity index (χ3v) is 3.79. The van der Waals surface area contributed by atoms with Crippen molar-refractivity contribution in [3.05, 3.63) is 69.4 Å². The van der Waals surface area contributed by atoms with Gasteiger partial charge in [-0.05, 0) is 52.2 Å². The minimum atomic E-state index is -0.372. The van der Waals surface area contributed by atoms with Gasteiger partial charge in [-0.25, -0.2) is 4.39 Å². The summed E-state index contributed by atoms with van der Waals surface area (Å²) in [5.74, 6) is -0.503. The van der Waals surface area contributed by atoms with Gasteiger partial charge >= 0.3 is 0 Å². The molecule has 0 aliphatic heterocycles. The van der Waals surface area contributed by atoms with Gasteiger partial charge < -0.3 is 4.90 Å². The summed E-state index contributed by atoms with van der Waals surface area (Å²) in [6.45, 7) is 2.54. The minimum Gasteiger partial charge on any atom is -0.337 e. The van der Waals surface area contributed by atoms with Gasteiger partial charge in [0, 0.05) is 19.2 Å². The lowest BCUT2D eigenvalue weighted by molar-refractivity contribution is 0.0785. The van der Waals surface area contributed by atoms with Crippen molar-refractivity contribution in [2.45, 2.75) is 13.5 Å². The summed E-state index contributed by atoms with van der Waals surface area (Å²) in [6.07, 6.45) is 0. The first-order chi connectivity index (χ1) is 9.49. The summed E-state index contributed by atoms with van der Waals surface area (Å²) in [4.78, 5) is 13.9. The molecule has 2 rings (SSSR count). The molecule has 2 aromatic carbocycles. The van der Waals surface area contributed by atoms with Gasteiger partial charge in [0.1, 0.15) is 5.82 Å². The second kappa shape index (κ2) is 6.18. The van der Waals surface area contributed by atoms with Gasteiger partial charge in [-0.3, -0.25) is 4.79 Å². The Bertz CT molecular complexity index is 642. The molecule has 0 unspecified atom stereocenters. The van der Waals surface area contributed by atoms with Crippen molar-refractivity contribution in [2.24, 2.45) is 0 Å². The summed E-state index contributed by atoms with van der Waals surface area (Å²) in [6, 6.07) is 12.2. The van der Waals surface area contributed by atoms with E-state index in [1.54, 1.807) is 11.9 Å². The van der Waals surface area contributed by atoms with Crippen molar-refractivity contribution >= 4 is 21.8 Å². The van der Waals surface area contributed by atoms with E-state index >= 15 is 0 Å². The Morgan fingerprint density at radius 1 is 1.25 bits per heavy atom. The number of rotatable bonds is 3. The van der Waals surface area contributed by atoms with Crippen LogP contribution in [0.5, 0.6) is 0 Å². The molecule has 0 radical (unpaired) electrons. The van der Waals surface area contributed by atoms with Gasteiger partial charge in [-0.2, -0.15) is 0 Å². The second-order valence-electron chi connectivity index (χ2n) is 4.72. The SMILES string of the molecule is Cc1ccccc1CN(C)C(=O)c1ccc(F)c(Br)c1. The normalized spacial score (nSPS) is 10.4. The van der Waals surface area contributed by atoms with Crippen LogP contribution in [0.25, 0.3) is 0 Å². The standard InChI is InChI=1S/C16H15BrFNO/c1-11-5-3-4-6-13(11)10-19(2)16(20)12-7-8-15(18)14(17)9-12/h3-9H,10H2,1-2H3. The third-order valence-electron chi connectivity index (χ3n) is 3.18. The van der Waals surface area contributed by atoms with Gasteiger partial charge in [-0.15, -0.1) is 0 Å². The van der Waals surface area contributed by atoms with Crippen LogP contribution in [-0.2, 0) is 6.54 Å². The lowest BCUT2D eigenvalue weighted by Crippen LogP contribution is -2.26. The fourth-order valence-corrected chi connectivity index (χ4v) is 2.34. The average molecular weight is 336 g/mol. The van der Waals surface area contributed by atoms with E-state index in [4.69, 9.17) is 0 Å². The van der Waals surface area contributed by atoms with Crippen LogP contribution in [-0.4, -0.2) is 17.9 Å². The largest absolute Gasteiger partial charge is 0.337 e. The number of amides is 1. The number of hydrogen-bond donors (Lipinski definition) is 0. The molecular formula is C16H15BrFNO. The van der Waals surface area contributed by atoms with Crippen molar-refractivity contribution < 1.29 is 9.18 Å². The average Bonchev–Trinajstić information content (AvgIpc) is 2.43. The molecule has 0 spiro atoms. The zero-order valence-electron chi connectivity index (χ0n) is 11.4. The Morgan fingerprint density at radius 3 is 2.60 bits per heavy atom. The van der Waals surface area contributed by atoms with Gasteiger partial charge in [0.2, 0.25) is 0 Å². The maximum Gasteiger partial charge on any atom is 0.253 e. The summed E-state index contributed by atoms with van der Waals surface area (Å²) in [7, 11) is 1.74. The molecule has 0 N–H and O–H groups in total. The number of nitrogens with zero attached hydrogens (tertiary/aromatic N) is 1. The predicted molar refractivity (Wildman–Crippen MR) is 81.1 cm³/mol. The van der Waals surface area contributed by atoms with Crippen LogP contribution in [0, 0.1) is 12.7 Å². The Kier molecular flexibility index (Phi) is 4.55. The zero-order valence-corrected chi connectivity index (χ0v) is 12.9. The fourth-order valence-electron chi connectivity index (χ4n) is 1.96. The fraction of sp³-hybridized carbons (Fsp3) is 0.188. The minimum absolute atomic E-state index is 0.131. The quantitative estimate of drug-likeness (QED) is 0.824. The van der Waals surface area contributed by atoms with Crippen LogP contribution < -0.4 is 0 Å². The van der Waals surface area contributed by atoms with E-state index < -0.39 is 0 Å². The topological polar surface area (TPSA) is 20.3 Å². The summed E-state index contributed by atoms with van der Waals surface area (Å²) >= 11 is 3.10. The maximum atomic E-state index is 13.2. The van der Waals surface area contributed by atoms with E-state index in [1.165, 1.54) is 18.2 Å². The number of aryl methyl sites for hydroxylation is 1. The van der Waals surface area contributed by atoms with Crippen molar-refractivity contribution in [3.8, 4) is 0 Å². The molecule has 0 saturated heterocycles. The lowest BCUT2D eigenvalue weighted by atomic mass is 10.1. The first-order valence-electron chi connectivity index (χ1n) is 6.24. The molecule has 0 aliphatic rings. The van der Waals surface area contributed by atoms with E-state index in [2.05, 4.69) is 15.9 Å². The molecule has 0 bridgehead atoms. The molecule has 0 aromatic heterocycles. The number of benzene rings is 2. The molecule has 0 heterocycles. The number of carbonyl (C=O) groups is 1. The molecule has 0 atom stereocenters. The van der Waals surface area contributed by atoms with E-state index in [9.17, 15) is 9.18 Å². The first-order valence-corrected chi connectivity index (χ1v) is 7.03. The predicted octanol–water partition coefficient (Wildman–Crippen LogP) is 4.17. The zero-order chi connectivity index (χ0) is 14.7. The van der Waals surface area contributed by atoms with E-state index in [0.29, 0.717) is 16.6 Å². The number of halogens is 2. The molecule has 4 heteroatoms. The Labute approximate surface area is 126 Å². The Hall–Kier alpha value is -1.68. The van der Waals surface area contributed by atoms with Crippen molar-refractivity contribution in [2.75, 3.05) is 7.05 Å². The Balaban J connectivity index is 2.16. The van der Waals surface area contributed by atoms with E-state index in [1.807, 2.05) is 31.2 Å². The van der Waals surface area contributed by atoms with Gasteiger partial charge in [-0.1, -0.05) is 24.3 Å². The molecule has 104 valence electrons. The molecule has 0 saturated carbocycles. The molecule has 0 aliphatic carbocycles. The van der Waals surface area contributed by atoms with E-state index in [-0.39, 0.29) is 11.7 Å². The van der Waals surface area contributed by atoms with Crippen LogP contribution in [0.3, 0.4) is 0 Å². The van der Waals surface area contributed by atoms with Gasteiger partial charge in [0.15, 0.2) is 0 Å². The van der Waals surface area contributed by atoms with Crippen LogP contribution >= 0.6 is 15.9 Å². The van der Waals surface area contributed by atoms with Gasteiger partial charge in [0.25, 0.3) is 5.91 Å². The van der Waals surface area contributed by atoms with E-state index in [0.717, 1.165) is 11.1 Å². The highest BCUT2D eigenvalue weighted by Gasteiger charge is 2.14. The van der Waals surface area contributed by atoms with Crippen LogP contribution in [0.1, 0.15) is 21.5 Å². The molecule has 2 aromatic rings. The second-order valence-corrected chi connectivity index (χ2v) is 5.57. The molecule has 20 heavy (non-hydrogen) atoms. The van der Waals surface area contributed by atoms with Crippen LogP contribution in [0.15, 0.2) is 46.9 Å². The highest BCUT2D eigenvalue weighted by Crippen LogP contribution is 2.18. The van der Waals surface area contributed by atoms with Crippen molar-refractivity contribution in [1.29, 1.82) is 0 Å². The number of carbonyl (C=O) groups excluding carboxylic acids is 1. The van der Waals surface area contributed by atoms with Crippen LogP contribution in [0.2, 0.25) is 0 Å². The summed E-state index contributed by atoms with van der Waals surface area (Å²) in [5.41, 5.74) is 2.71. The Morgan fingerprint density at radius 2 is 1.95 bits per heavy atom. The maximum absolute atomic E-state index is 13.2. The lowest BCUT2D eigenvalue weighted by Gasteiger charge is -2.18. The van der Waals surface area contributed by atoms with Crippen molar-refractivity contribution in [3.63, 3.8) is 0 Å². The highest BCUT2D eigenvalue weighted by atomic mass is 79.9. The van der Waals surface area contributed by atoms with Crippen molar-refractivity contribution in [1.82, 2.24) is 4.90 Å². The molecule has 1 amide bonds. The number of hydrogen-bond acceptors (Lipinski definition) is 1. The molecule has 0 fully saturated rings. The third kappa shape index (κ3) is 3.25. The molecular weight excluding hydrogens is 321 g/mol. The van der Waals surface area contributed by atoms with Crippen LogP contribution in [0.4, 0.5) is 4.39 Å². The monoisotopic (exact) mass is 335 g/mol.